The van der Waals surface area contributed by atoms with Crippen LogP contribution in [0.1, 0.15) is 20.3 Å². The summed E-state index contributed by atoms with van der Waals surface area (Å²) in [5.74, 6) is 0.170. The Morgan fingerprint density at radius 3 is 2.85 bits per heavy atom. The molecule has 0 spiro atoms. The lowest BCUT2D eigenvalue weighted by Gasteiger charge is -2.15. The summed E-state index contributed by atoms with van der Waals surface area (Å²) < 4.78 is 0. The molecule has 0 aliphatic rings. The number of anilines is 1. The normalized spacial score (nSPS) is 12.7. The van der Waals surface area contributed by atoms with Crippen LogP contribution in [0, 0.1) is 5.92 Å². The lowest BCUT2D eigenvalue weighted by Crippen LogP contribution is -2.36. The Kier molecular flexibility index (Phi) is 4.57. The molecule has 0 bridgehead atoms. The van der Waals surface area contributed by atoms with Crippen molar-refractivity contribution in [3.8, 4) is 0 Å². The average Bonchev–Trinajstić information content (AvgIpc) is 2.41. The number of amides is 1. The average molecular weight is 292 g/mol. The second kappa shape index (κ2) is 6.20. The number of nitrogens with two attached hydrogens (primary N) is 1. The van der Waals surface area contributed by atoms with Crippen molar-refractivity contribution < 1.29 is 4.79 Å². The van der Waals surface area contributed by atoms with Gasteiger partial charge in [-0.15, -0.1) is 0 Å². The Morgan fingerprint density at radius 2 is 2.15 bits per heavy atom. The summed E-state index contributed by atoms with van der Waals surface area (Å²) in [6.45, 7) is 4.07. The van der Waals surface area contributed by atoms with Gasteiger partial charge in [0.1, 0.15) is 0 Å². The van der Waals surface area contributed by atoms with Gasteiger partial charge in [0.15, 0.2) is 0 Å². The van der Waals surface area contributed by atoms with Crippen LogP contribution in [-0.4, -0.2) is 16.9 Å². The number of hydrogen-bond donors (Lipinski definition) is 2. The SMILES string of the molecule is CC(C)C[C@H](N)C(=O)Nc1ccc(Cl)c2cccnc12. The van der Waals surface area contributed by atoms with E-state index in [0.29, 0.717) is 28.6 Å². The minimum absolute atomic E-state index is 0.201. The summed E-state index contributed by atoms with van der Waals surface area (Å²) in [6.07, 6.45) is 2.31. The summed E-state index contributed by atoms with van der Waals surface area (Å²) in [6, 6.07) is 6.65. The first-order valence-corrected chi connectivity index (χ1v) is 6.96. The van der Waals surface area contributed by atoms with Crippen molar-refractivity contribution in [3.63, 3.8) is 0 Å². The molecule has 0 radical (unpaired) electrons. The number of carbonyl (C=O) groups excluding carboxylic acids is 1. The van der Waals surface area contributed by atoms with Crippen molar-refractivity contribution in [1.29, 1.82) is 0 Å². The molecule has 4 nitrogen and oxygen atoms in total. The largest absolute Gasteiger partial charge is 0.323 e. The molecule has 0 fully saturated rings. The van der Waals surface area contributed by atoms with E-state index in [1.54, 1.807) is 18.3 Å². The van der Waals surface area contributed by atoms with Crippen molar-refractivity contribution in [3.05, 3.63) is 35.5 Å². The van der Waals surface area contributed by atoms with Crippen molar-refractivity contribution >= 4 is 34.1 Å². The lowest BCUT2D eigenvalue weighted by molar-refractivity contribution is -0.117. The van der Waals surface area contributed by atoms with Crippen molar-refractivity contribution in [2.75, 3.05) is 5.32 Å². The fourth-order valence-corrected chi connectivity index (χ4v) is 2.29. The summed E-state index contributed by atoms with van der Waals surface area (Å²) in [5, 5.41) is 4.25. The summed E-state index contributed by atoms with van der Waals surface area (Å²) in [4.78, 5) is 16.4. The number of fused-ring (bicyclic) bond motifs is 1. The standard InChI is InChI=1S/C15H18ClN3O/c1-9(2)8-12(17)15(20)19-13-6-5-11(16)10-4-3-7-18-14(10)13/h3-7,9,12H,8,17H2,1-2H3,(H,19,20)/t12-/m0/s1. The third-order valence-corrected chi connectivity index (χ3v) is 3.37. The highest BCUT2D eigenvalue weighted by Crippen LogP contribution is 2.28. The third kappa shape index (κ3) is 3.26. The van der Waals surface area contributed by atoms with E-state index in [1.807, 2.05) is 26.0 Å². The van der Waals surface area contributed by atoms with Crippen LogP contribution in [0.15, 0.2) is 30.5 Å². The van der Waals surface area contributed by atoms with Gasteiger partial charge in [-0.3, -0.25) is 9.78 Å². The molecule has 2 aromatic rings. The number of carbonyl (C=O) groups is 1. The number of nitrogens with zero attached hydrogens (tertiary/aromatic N) is 1. The molecule has 1 aromatic carbocycles. The monoisotopic (exact) mass is 291 g/mol. The van der Waals surface area contributed by atoms with Gasteiger partial charge in [-0.2, -0.15) is 0 Å². The second-order valence-corrected chi connectivity index (χ2v) is 5.63. The zero-order valence-electron chi connectivity index (χ0n) is 11.6. The van der Waals surface area contributed by atoms with Crippen LogP contribution in [0.4, 0.5) is 5.69 Å². The van der Waals surface area contributed by atoms with Crippen molar-refractivity contribution in [2.45, 2.75) is 26.3 Å². The van der Waals surface area contributed by atoms with E-state index >= 15 is 0 Å². The Labute approximate surface area is 123 Å². The minimum Gasteiger partial charge on any atom is -0.323 e. The number of pyridine rings is 1. The highest BCUT2D eigenvalue weighted by atomic mass is 35.5. The van der Waals surface area contributed by atoms with E-state index in [9.17, 15) is 4.79 Å². The van der Waals surface area contributed by atoms with E-state index in [1.165, 1.54) is 0 Å². The Bertz CT molecular complexity index is 628. The Balaban J connectivity index is 2.26. The van der Waals surface area contributed by atoms with Gasteiger partial charge in [-0.1, -0.05) is 25.4 Å². The van der Waals surface area contributed by atoms with Crippen LogP contribution >= 0.6 is 11.6 Å². The van der Waals surface area contributed by atoms with E-state index in [-0.39, 0.29) is 5.91 Å². The van der Waals surface area contributed by atoms with E-state index in [0.717, 1.165) is 5.39 Å². The van der Waals surface area contributed by atoms with Gasteiger partial charge in [0.25, 0.3) is 0 Å². The quantitative estimate of drug-likeness (QED) is 0.909. The van der Waals surface area contributed by atoms with E-state index < -0.39 is 6.04 Å². The molecule has 0 saturated heterocycles. The lowest BCUT2D eigenvalue weighted by atomic mass is 10.0. The molecule has 3 N–H and O–H groups in total. The van der Waals surface area contributed by atoms with E-state index in [4.69, 9.17) is 17.3 Å². The van der Waals surface area contributed by atoms with Crippen LogP contribution in [0.2, 0.25) is 5.02 Å². The maximum atomic E-state index is 12.1. The molecule has 106 valence electrons. The number of halogens is 1. The maximum Gasteiger partial charge on any atom is 0.241 e. The van der Waals surface area contributed by atoms with Crippen molar-refractivity contribution in [1.82, 2.24) is 4.98 Å². The summed E-state index contributed by atoms with van der Waals surface area (Å²) >= 11 is 6.12. The van der Waals surface area contributed by atoms with Gasteiger partial charge in [-0.25, -0.2) is 0 Å². The highest BCUT2D eigenvalue weighted by Gasteiger charge is 2.16. The molecule has 0 aliphatic heterocycles. The number of hydrogen-bond acceptors (Lipinski definition) is 3. The molecule has 20 heavy (non-hydrogen) atoms. The number of rotatable bonds is 4. The van der Waals surface area contributed by atoms with Crippen LogP contribution < -0.4 is 11.1 Å². The topological polar surface area (TPSA) is 68.0 Å². The van der Waals surface area contributed by atoms with Gasteiger partial charge < -0.3 is 11.1 Å². The molecule has 1 atom stereocenters. The van der Waals surface area contributed by atoms with Crippen molar-refractivity contribution in [2.24, 2.45) is 11.7 Å². The molecule has 0 unspecified atom stereocenters. The zero-order valence-corrected chi connectivity index (χ0v) is 12.3. The number of nitrogens with one attached hydrogen (secondary N) is 1. The van der Waals surface area contributed by atoms with E-state index in [2.05, 4.69) is 10.3 Å². The molecule has 1 heterocycles. The third-order valence-electron chi connectivity index (χ3n) is 3.04. The predicted octanol–water partition coefficient (Wildman–Crippen LogP) is 3.20. The van der Waals surface area contributed by atoms with Gasteiger partial charge in [-0.05, 0) is 36.6 Å². The van der Waals surface area contributed by atoms with Gasteiger partial charge in [0.05, 0.1) is 22.3 Å². The highest BCUT2D eigenvalue weighted by molar-refractivity contribution is 6.35. The van der Waals surface area contributed by atoms with Crippen LogP contribution in [0.25, 0.3) is 10.9 Å². The predicted molar refractivity (Wildman–Crippen MR) is 82.8 cm³/mol. The fourth-order valence-electron chi connectivity index (χ4n) is 2.08. The fraction of sp³-hybridized carbons (Fsp3) is 0.333. The van der Waals surface area contributed by atoms with Crippen LogP contribution in [0.3, 0.4) is 0 Å². The van der Waals surface area contributed by atoms with Gasteiger partial charge in [0, 0.05) is 11.6 Å². The minimum atomic E-state index is -0.524. The first-order valence-electron chi connectivity index (χ1n) is 6.58. The molecule has 0 aliphatic carbocycles. The molecule has 1 amide bonds. The molecule has 1 aromatic heterocycles. The maximum absolute atomic E-state index is 12.1. The first kappa shape index (κ1) is 14.8. The van der Waals surface area contributed by atoms with Gasteiger partial charge in [0.2, 0.25) is 5.91 Å². The zero-order chi connectivity index (χ0) is 14.7. The van der Waals surface area contributed by atoms with Gasteiger partial charge >= 0.3 is 0 Å². The number of aromatic nitrogens is 1. The van der Waals surface area contributed by atoms with Crippen LogP contribution in [-0.2, 0) is 4.79 Å². The molecular weight excluding hydrogens is 274 g/mol. The number of benzene rings is 1. The molecule has 2 rings (SSSR count). The smallest absolute Gasteiger partial charge is 0.241 e. The molecule has 0 saturated carbocycles. The van der Waals surface area contributed by atoms with Crippen LogP contribution in [0.5, 0.6) is 0 Å². The Morgan fingerprint density at radius 1 is 1.40 bits per heavy atom. The first-order chi connectivity index (χ1) is 9.49. The molecular formula is C15H18ClN3O. The summed E-state index contributed by atoms with van der Waals surface area (Å²) in [5.41, 5.74) is 7.19. The Hall–Kier alpha value is -1.65. The second-order valence-electron chi connectivity index (χ2n) is 5.22. The summed E-state index contributed by atoms with van der Waals surface area (Å²) in [7, 11) is 0. The molecule has 5 heteroatoms.